The first-order valence-electron chi connectivity index (χ1n) is 22.0. The predicted molar refractivity (Wildman–Crippen MR) is 239 cm³/mol. The van der Waals surface area contributed by atoms with Gasteiger partial charge in [-0.3, -0.25) is 4.79 Å². The van der Waals surface area contributed by atoms with Crippen LogP contribution in [0.25, 0.3) is 5.57 Å². The Morgan fingerprint density at radius 3 is 2.29 bits per heavy atom. The summed E-state index contributed by atoms with van der Waals surface area (Å²) >= 11 is 0. The number of carboxylic acid groups (broad SMARTS) is 1. The molecule has 0 bridgehead atoms. The number of nitrogens with zero attached hydrogens (tertiary/aromatic N) is 2. The summed E-state index contributed by atoms with van der Waals surface area (Å²) in [6.07, 6.45) is 17.6. The summed E-state index contributed by atoms with van der Waals surface area (Å²) in [5.41, 5.74) is 11.5. The summed E-state index contributed by atoms with van der Waals surface area (Å²) in [4.78, 5) is 13.6. The van der Waals surface area contributed by atoms with Gasteiger partial charge in [-0.25, -0.2) is 8.78 Å². The number of aryl methyl sites for hydroxylation is 2. The van der Waals surface area contributed by atoms with Gasteiger partial charge in [-0.15, -0.1) is 0 Å². The van der Waals surface area contributed by atoms with E-state index >= 15 is 8.78 Å². The van der Waals surface area contributed by atoms with E-state index in [1.54, 1.807) is 0 Å². The van der Waals surface area contributed by atoms with Crippen molar-refractivity contribution in [2.45, 2.75) is 137 Å². The second-order valence-corrected chi connectivity index (χ2v) is 17.8. The summed E-state index contributed by atoms with van der Waals surface area (Å²) < 4.78 is 41.5. The van der Waals surface area contributed by atoms with Crippen LogP contribution in [0.3, 0.4) is 0 Å². The lowest BCUT2D eigenvalue weighted by molar-refractivity contribution is -0.438. The van der Waals surface area contributed by atoms with E-state index in [9.17, 15) is 4.79 Å². The SMILES string of the molecule is CCCCCN1C(=CC=C2CCCC(C=CC3=[N+](CCCCC)c4ccc(C)cc4C3(C)C)=C2c2c(F)ccc(OCCCC(=O)O)c2F)C(C)(C)c2cc(C)ccc21. The van der Waals surface area contributed by atoms with E-state index in [2.05, 4.69) is 126 Å². The monoisotopic (exact) mass is 803 g/mol. The van der Waals surface area contributed by atoms with Crippen molar-refractivity contribution in [3.05, 3.63) is 129 Å². The Labute approximate surface area is 351 Å². The minimum absolute atomic E-state index is 0.0131. The van der Waals surface area contributed by atoms with Crippen LogP contribution in [-0.2, 0) is 15.6 Å². The first-order chi connectivity index (χ1) is 28.2. The number of carbonyl (C=O) groups is 1. The van der Waals surface area contributed by atoms with E-state index < -0.39 is 17.6 Å². The number of ether oxygens (including phenoxy) is 1. The molecular weight excluding hydrogens is 739 g/mol. The average Bonchev–Trinajstić information content (AvgIpc) is 3.53. The second-order valence-electron chi connectivity index (χ2n) is 17.8. The first-order valence-corrected chi connectivity index (χ1v) is 22.0. The van der Waals surface area contributed by atoms with Gasteiger partial charge in [0.05, 0.1) is 17.6 Å². The quantitative estimate of drug-likeness (QED) is 0.109. The molecule has 2 heterocycles. The summed E-state index contributed by atoms with van der Waals surface area (Å²) in [7, 11) is 0. The summed E-state index contributed by atoms with van der Waals surface area (Å²) in [5.74, 6) is -2.43. The Kier molecular flexibility index (Phi) is 13.8. The van der Waals surface area contributed by atoms with Gasteiger partial charge in [0.1, 0.15) is 12.4 Å². The fourth-order valence-electron chi connectivity index (χ4n) is 9.32. The molecule has 0 amide bonds. The highest BCUT2D eigenvalue weighted by Crippen LogP contribution is 2.49. The van der Waals surface area contributed by atoms with E-state index in [0.29, 0.717) is 18.4 Å². The number of unbranched alkanes of at least 4 members (excludes halogenated alkanes) is 4. The highest BCUT2D eigenvalue weighted by molar-refractivity contribution is 6.03. The van der Waals surface area contributed by atoms with E-state index in [1.807, 2.05) is 0 Å². The third kappa shape index (κ3) is 9.20. The number of anilines is 1. The minimum Gasteiger partial charge on any atom is -0.490 e. The van der Waals surface area contributed by atoms with E-state index in [4.69, 9.17) is 9.84 Å². The number of aliphatic carboxylic acids is 1. The number of benzene rings is 3. The van der Waals surface area contributed by atoms with Crippen molar-refractivity contribution in [1.82, 2.24) is 0 Å². The molecule has 6 rings (SSSR count). The molecule has 0 saturated carbocycles. The maximum atomic E-state index is 16.9. The Bertz CT molecular complexity index is 2220. The highest BCUT2D eigenvalue weighted by Gasteiger charge is 2.44. The van der Waals surface area contributed by atoms with E-state index in [1.165, 1.54) is 57.2 Å². The number of hydrogen-bond acceptors (Lipinski definition) is 3. The maximum absolute atomic E-state index is 16.9. The van der Waals surface area contributed by atoms with Gasteiger partial charge in [0.25, 0.3) is 0 Å². The molecule has 3 aromatic rings. The van der Waals surface area contributed by atoms with Gasteiger partial charge < -0.3 is 14.7 Å². The second kappa shape index (κ2) is 18.6. The molecule has 0 unspecified atom stereocenters. The summed E-state index contributed by atoms with van der Waals surface area (Å²) in [6.45, 7) is 19.6. The number of carboxylic acids is 1. The van der Waals surface area contributed by atoms with Crippen molar-refractivity contribution in [3.63, 3.8) is 0 Å². The lowest BCUT2D eigenvalue weighted by Gasteiger charge is -2.28. The van der Waals surface area contributed by atoms with Crippen LogP contribution in [0.15, 0.2) is 89.7 Å². The number of fused-ring (bicyclic) bond motifs is 2. The number of allylic oxidation sites excluding steroid dienone is 8. The van der Waals surface area contributed by atoms with Gasteiger partial charge in [-0.1, -0.05) is 88.4 Å². The molecule has 0 spiro atoms. The molecule has 59 heavy (non-hydrogen) atoms. The Morgan fingerprint density at radius 2 is 1.56 bits per heavy atom. The van der Waals surface area contributed by atoms with Gasteiger partial charge in [-0.05, 0) is 119 Å². The molecule has 3 aromatic carbocycles. The molecule has 0 fully saturated rings. The van der Waals surface area contributed by atoms with Crippen LogP contribution in [-0.4, -0.2) is 41.1 Å². The minimum atomic E-state index is -0.945. The third-order valence-electron chi connectivity index (χ3n) is 12.6. The zero-order chi connectivity index (χ0) is 42.5. The van der Waals surface area contributed by atoms with Crippen LogP contribution in [0.1, 0.15) is 140 Å². The van der Waals surface area contributed by atoms with Crippen LogP contribution in [0.5, 0.6) is 5.75 Å². The van der Waals surface area contributed by atoms with Crippen molar-refractivity contribution in [2.75, 3.05) is 24.6 Å². The number of halogens is 2. The Hall–Kier alpha value is -4.78. The largest absolute Gasteiger partial charge is 0.490 e. The molecule has 7 heteroatoms. The zero-order valence-electron chi connectivity index (χ0n) is 36.7. The van der Waals surface area contributed by atoms with Crippen molar-refractivity contribution in [2.24, 2.45) is 0 Å². The smallest absolute Gasteiger partial charge is 0.303 e. The summed E-state index contributed by atoms with van der Waals surface area (Å²) in [5, 5.41) is 9.15. The maximum Gasteiger partial charge on any atom is 0.303 e. The molecule has 5 nitrogen and oxygen atoms in total. The topological polar surface area (TPSA) is 52.8 Å². The molecule has 2 aliphatic heterocycles. The van der Waals surface area contributed by atoms with Crippen molar-refractivity contribution in [1.29, 1.82) is 0 Å². The van der Waals surface area contributed by atoms with Crippen LogP contribution in [0.4, 0.5) is 20.2 Å². The van der Waals surface area contributed by atoms with Gasteiger partial charge in [0.2, 0.25) is 5.69 Å². The molecule has 3 aliphatic rings. The highest BCUT2D eigenvalue weighted by atomic mass is 19.1. The molecule has 0 aromatic heterocycles. The fourth-order valence-corrected chi connectivity index (χ4v) is 9.32. The van der Waals surface area contributed by atoms with Crippen molar-refractivity contribution in [3.8, 4) is 5.75 Å². The van der Waals surface area contributed by atoms with E-state index in [0.717, 1.165) is 69.2 Å². The van der Waals surface area contributed by atoms with Gasteiger partial charge in [-0.2, -0.15) is 4.58 Å². The standard InChI is InChI=1S/C52H64F2N2O3/c1-9-11-13-30-55-42-25-20-35(3)33-39(42)51(5,6)45(55)28-22-37-17-15-18-38(48(37)49-41(53)24-27-44(50(49)54)59-32-16-19-47(57)58)23-29-46-52(7,8)40-34-36(4)21-26-43(40)56(46)31-14-12-10-2/h20-29,33-34H,9-19,30-32H2,1-8H3/p+1. The summed E-state index contributed by atoms with van der Waals surface area (Å²) in [6, 6.07) is 16.0. The first kappa shape index (κ1) is 43.8. The molecule has 0 saturated heterocycles. The molecule has 0 radical (unpaired) electrons. The molecule has 1 aliphatic carbocycles. The lowest BCUT2D eigenvalue weighted by atomic mass is 9.79. The Morgan fingerprint density at radius 1 is 0.847 bits per heavy atom. The van der Waals surface area contributed by atoms with Crippen LogP contribution in [0.2, 0.25) is 0 Å². The number of rotatable bonds is 17. The molecular formula is C52H65F2N2O3+. The van der Waals surface area contributed by atoms with Crippen LogP contribution >= 0.6 is 0 Å². The van der Waals surface area contributed by atoms with Gasteiger partial charge in [0, 0.05) is 53.9 Å². The zero-order valence-corrected chi connectivity index (χ0v) is 36.7. The third-order valence-corrected chi connectivity index (χ3v) is 12.6. The average molecular weight is 804 g/mol. The van der Waals surface area contributed by atoms with Crippen LogP contribution < -0.4 is 9.64 Å². The van der Waals surface area contributed by atoms with E-state index in [-0.39, 0.29) is 41.6 Å². The Balaban J connectivity index is 1.52. The molecule has 314 valence electrons. The molecule has 1 N–H and O–H groups in total. The molecule has 0 atom stereocenters. The fraction of sp³-hybridized carbons (Fsp3) is 0.462. The van der Waals surface area contributed by atoms with Gasteiger partial charge in [0.15, 0.2) is 17.3 Å². The number of hydrogen-bond donors (Lipinski definition) is 1. The van der Waals surface area contributed by atoms with Crippen molar-refractivity contribution < 1.29 is 28.0 Å². The normalized spacial score (nSPS) is 18.4. The van der Waals surface area contributed by atoms with Gasteiger partial charge >= 0.3 is 5.97 Å². The predicted octanol–water partition coefficient (Wildman–Crippen LogP) is 13.4. The van der Waals surface area contributed by atoms with Crippen molar-refractivity contribution >= 4 is 28.6 Å². The van der Waals surface area contributed by atoms with Crippen LogP contribution in [0, 0.1) is 25.5 Å². The lowest BCUT2D eigenvalue weighted by Crippen LogP contribution is -2.28.